The van der Waals surface area contributed by atoms with Crippen LogP contribution >= 0.6 is 11.8 Å². The first-order valence-electron chi connectivity index (χ1n) is 11.6. The van der Waals surface area contributed by atoms with Crippen LogP contribution in [0.3, 0.4) is 0 Å². The van der Waals surface area contributed by atoms with Gasteiger partial charge in [-0.25, -0.2) is 19.0 Å². The Bertz CT molecular complexity index is 1360. The highest BCUT2D eigenvalue weighted by atomic mass is 32.2. The predicted molar refractivity (Wildman–Crippen MR) is 136 cm³/mol. The normalized spacial score (nSPS) is 16.0. The number of carbonyl (C=O) groups is 1. The Morgan fingerprint density at radius 2 is 2.03 bits per heavy atom. The van der Waals surface area contributed by atoms with E-state index in [1.54, 1.807) is 29.4 Å². The first-order chi connectivity index (χ1) is 17.0. The molecule has 1 aliphatic heterocycles. The SMILES string of the molecule is CSc1ccc(CNC(=O)[C@@H]2CCCN(c3ncnc4nn(-c5ccc(C)c(F)c5)cc34)C2)cc1. The lowest BCUT2D eigenvalue weighted by Crippen LogP contribution is -2.43. The molecule has 0 radical (unpaired) electrons. The lowest BCUT2D eigenvalue weighted by Gasteiger charge is -2.33. The zero-order valence-corrected chi connectivity index (χ0v) is 20.6. The highest BCUT2D eigenvalue weighted by Gasteiger charge is 2.28. The molecule has 0 bridgehead atoms. The van der Waals surface area contributed by atoms with E-state index in [0.717, 1.165) is 36.2 Å². The monoisotopic (exact) mass is 490 g/mol. The van der Waals surface area contributed by atoms with Crippen LogP contribution in [0.5, 0.6) is 0 Å². The van der Waals surface area contributed by atoms with Gasteiger partial charge in [0, 0.05) is 30.7 Å². The van der Waals surface area contributed by atoms with Gasteiger partial charge < -0.3 is 10.2 Å². The summed E-state index contributed by atoms with van der Waals surface area (Å²) in [5.74, 6) is 0.401. The van der Waals surface area contributed by atoms with Gasteiger partial charge in [0.15, 0.2) is 5.65 Å². The van der Waals surface area contributed by atoms with E-state index in [2.05, 4.69) is 49.5 Å². The molecule has 2 aromatic carbocycles. The minimum atomic E-state index is -0.279. The molecule has 4 aromatic rings. The van der Waals surface area contributed by atoms with E-state index >= 15 is 0 Å². The fourth-order valence-corrected chi connectivity index (χ4v) is 4.80. The number of benzene rings is 2. The summed E-state index contributed by atoms with van der Waals surface area (Å²) in [4.78, 5) is 25.1. The lowest BCUT2D eigenvalue weighted by atomic mass is 9.97. The summed E-state index contributed by atoms with van der Waals surface area (Å²) in [6.07, 6.45) is 7.10. The van der Waals surface area contributed by atoms with Crippen molar-refractivity contribution in [1.82, 2.24) is 25.1 Å². The van der Waals surface area contributed by atoms with Crippen molar-refractivity contribution in [2.24, 2.45) is 5.92 Å². The Kier molecular flexibility index (Phi) is 6.68. The number of thioether (sulfide) groups is 1. The molecule has 1 fully saturated rings. The number of fused-ring (bicyclic) bond motifs is 1. The van der Waals surface area contributed by atoms with Crippen LogP contribution in [0.15, 0.2) is 59.9 Å². The van der Waals surface area contributed by atoms with E-state index in [9.17, 15) is 9.18 Å². The molecule has 0 aliphatic carbocycles. The number of hydrogen-bond donors (Lipinski definition) is 1. The third-order valence-corrected chi connectivity index (χ3v) is 7.18. The van der Waals surface area contributed by atoms with Gasteiger partial charge in [-0.1, -0.05) is 18.2 Å². The second-order valence-corrected chi connectivity index (χ2v) is 9.67. The maximum absolute atomic E-state index is 14.1. The van der Waals surface area contributed by atoms with E-state index in [-0.39, 0.29) is 17.6 Å². The quantitative estimate of drug-likeness (QED) is 0.401. The minimum absolute atomic E-state index is 0.0553. The van der Waals surface area contributed by atoms with E-state index < -0.39 is 0 Å². The number of halogens is 1. The topological polar surface area (TPSA) is 75.9 Å². The number of aromatic nitrogens is 4. The Hall–Kier alpha value is -3.46. The van der Waals surface area contributed by atoms with Crippen LogP contribution in [0.25, 0.3) is 16.7 Å². The fraction of sp³-hybridized carbons (Fsp3) is 0.308. The van der Waals surface area contributed by atoms with E-state index in [1.807, 2.05) is 18.5 Å². The van der Waals surface area contributed by atoms with Crippen molar-refractivity contribution in [3.8, 4) is 5.69 Å². The first-order valence-corrected chi connectivity index (χ1v) is 12.9. The number of carbonyl (C=O) groups excluding carboxylic acids is 1. The van der Waals surface area contributed by atoms with Gasteiger partial charge in [-0.15, -0.1) is 16.9 Å². The van der Waals surface area contributed by atoms with Gasteiger partial charge in [-0.3, -0.25) is 4.79 Å². The van der Waals surface area contributed by atoms with Gasteiger partial charge in [-0.05, 0) is 61.4 Å². The van der Waals surface area contributed by atoms with E-state index in [4.69, 9.17) is 0 Å². The summed E-state index contributed by atoms with van der Waals surface area (Å²) >= 11 is 1.70. The lowest BCUT2D eigenvalue weighted by molar-refractivity contribution is -0.125. The molecular weight excluding hydrogens is 463 g/mol. The second kappa shape index (κ2) is 10.0. The maximum Gasteiger partial charge on any atom is 0.225 e. The van der Waals surface area contributed by atoms with Crippen molar-refractivity contribution < 1.29 is 9.18 Å². The molecule has 1 saturated heterocycles. The summed E-state index contributed by atoms with van der Waals surface area (Å²) in [6.45, 7) is 3.62. The van der Waals surface area contributed by atoms with Crippen LogP contribution in [0.4, 0.5) is 10.2 Å². The molecule has 1 aliphatic rings. The largest absolute Gasteiger partial charge is 0.355 e. The summed E-state index contributed by atoms with van der Waals surface area (Å²) in [5, 5.41) is 8.40. The predicted octanol–water partition coefficient (Wildman–Crippen LogP) is 4.52. The molecule has 0 spiro atoms. The van der Waals surface area contributed by atoms with Gasteiger partial charge in [0.25, 0.3) is 0 Å². The molecular formula is C26H27FN6OS. The molecule has 0 saturated carbocycles. The van der Waals surface area contributed by atoms with Gasteiger partial charge in [0.1, 0.15) is 18.0 Å². The van der Waals surface area contributed by atoms with E-state index in [0.29, 0.717) is 30.0 Å². The average molecular weight is 491 g/mol. The van der Waals surface area contributed by atoms with Crippen LogP contribution in [0.1, 0.15) is 24.0 Å². The van der Waals surface area contributed by atoms with Crippen molar-refractivity contribution in [2.45, 2.75) is 31.2 Å². The molecule has 0 unspecified atom stereocenters. The smallest absolute Gasteiger partial charge is 0.225 e. The number of nitrogens with zero attached hydrogens (tertiary/aromatic N) is 5. The summed E-state index contributed by atoms with van der Waals surface area (Å²) in [6, 6.07) is 13.3. The van der Waals surface area contributed by atoms with Gasteiger partial charge in [0.2, 0.25) is 5.91 Å². The number of piperidine rings is 1. The number of hydrogen-bond acceptors (Lipinski definition) is 6. The zero-order valence-electron chi connectivity index (χ0n) is 19.7. The molecule has 1 N–H and O–H groups in total. The highest BCUT2D eigenvalue weighted by Crippen LogP contribution is 2.28. The molecule has 1 atom stereocenters. The minimum Gasteiger partial charge on any atom is -0.355 e. The van der Waals surface area contributed by atoms with Crippen LogP contribution in [0, 0.1) is 18.7 Å². The van der Waals surface area contributed by atoms with Gasteiger partial charge in [0.05, 0.1) is 17.0 Å². The molecule has 9 heteroatoms. The van der Waals surface area contributed by atoms with Gasteiger partial charge >= 0.3 is 0 Å². The molecule has 180 valence electrons. The highest BCUT2D eigenvalue weighted by molar-refractivity contribution is 7.98. The molecule has 2 aromatic heterocycles. The summed E-state index contributed by atoms with van der Waals surface area (Å²) in [7, 11) is 0. The Balaban J connectivity index is 1.31. The standard InChI is InChI=1S/C26H27FN6OS/c1-17-5-8-20(12-23(17)27)33-15-22-24(31-33)29-16-30-25(22)32-11-3-4-19(14-32)26(34)28-13-18-6-9-21(35-2)10-7-18/h5-10,12,15-16,19H,3-4,11,13-14H2,1-2H3,(H,28,34)/t19-/m1/s1. The number of aryl methyl sites for hydroxylation is 1. The molecule has 35 heavy (non-hydrogen) atoms. The van der Waals surface area contributed by atoms with Crippen LogP contribution in [-0.2, 0) is 11.3 Å². The second-order valence-electron chi connectivity index (χ2n) is 8.79. The Labute approximate surface area is 207 Å². The third-order valence-electron chi connectivity index (χ3n) is 6.43. The zero-order chi connectivity index (χ0) is 24.4. The Morgan fingerprint density at radius 3 is 2.80 bits per heavy atom. The number of rotatable bonds is 6. The first kappa shape index (κ1) is 23.3. The summed E-state index contributed by atoms with van der Waals surface area (Å²) in [5.41, 5.74) is 2.83. The van der Waals surface area contributed by atoms with Crippen molar-refractivity contribution in [2.75, 3.05) is 24.2 Å². The Morgan fingerprint density at radius 1 is 1.20 bits per heavy atom. The molecule has 5 rings (SSSR count). The fourth-order valence-electron chi connectivity index (χ4n) is 4.39. The third kappa shape index (κ3) is 5.00. The number of amides is 1. The average Bonchev–Trinajstić information content (AvgIpc) is 3.34. The van der Waals surface area contributed by atoms with Gasteiger partial charge in [-0.2, -0.15) is 0 Å². The van der Waals surface area contributed by atoms with E-state index in [1.165, 1.54) is 17.3 Å². The van der Waals surface area contributed by atoms with Crippen molar-refractivity contribution in [3.05, 3.63) is 71.9 Å². The maximum atomic E-state index is 14.1. The molecule has 1 amide bonds. The number of anilines is 1. The molecule has 7 nitrogen and oxygen atoms in total. The van der Waals surface area contributed by atoms with Crippen molar-refractivity contribution >= 4 is 34.5 Å². The van der Waals surface area contributed by atoms with Crippen molar-refractivity contribution in [1.29, 1.82) is 0 Å². The van der Waals surface area contributed by atoms with Crippen LogP contribution in [-0.4, -0.2) is 45.0 Å². The van der Waals surface area contributed by atoms with Crippen molar-refractivity contribution in [3.63, 3.8) is 0 Å². The summed E-state index contributed by atoms with van der Waals surface area (Å²) < 4.78 is 15.7. The molecule has 3 heterocycles. The van der Waals surface area contributed by atoms with Crippen LogP contribution in [0.2, 0.25) is 0 Å². The number of nitrogens with one attached hydrogen (secondary N) is 1. The van der Waals surface area contributed by atoms with Crippen LogP contribution < -0.4 is 10.2 Å².